The summed E-state index contributed by atoms with van der Waals surface area (Å²) in [5.41, 5.74) is 3.90. The minimum Gasteiger partial charge on any atom is -0.493 e. The molecule has 1 atom stereocenters. The molecule has 4 rings (SSSR count). The second-order valence-corrected chi connectivity index (χ2v) is 7.81. The molecule has 33 heavy (non-hydrogen) atoms. The molecule has 3 aromatic rings. The molecule has 3 aromatic carbocycles. The number of methoxy groups -OCH3 is 2. The van der Waals surface area contributed by atoms with Crippen molar-refractivity contribution in [2.45, 2.75) is 12.5 Å². The first kappa shape index (κ1) is 22.4. The molecular weight excluding hydrogens is 418 g/mol. The molecule has 0 aromatic heterocycles. The first-order chi connectivity index (χ1) is 16.1. The van der Waals surface area contributed by atoms with E-state index >= 15 is 0 Å². The number of amides is 3. The van der Waals surface area contributed by atoms with Crippen LogP contribution in [0.15, 0.2) is 72.8 Å². The number of rotatable bonds is 6. The van der Waals surface area contributed by atoms with Crippen LogP contribution in [0.25, 0.3) is 0 Å². The first-order valence-electron chi connectivity index (χ1n) is 10.8. The number of carbonyl (C=O) groups excluding carboxylic acids is 2. The van der Waals surface area contributed by atoms with E-state index in [9.17, 15) is 9.59 Å². The third-order valence-corrected chi connectivity index (χ3v) is 5.72. The molecule has 0 saturated heterocycles. The van der Waals surface area contributed by atoms with Gasteiger partial charge in [-0.15, -0.1) is 0 Å². The summed E-state index contributed by atoms with van der Waals surface area (Å²) in [6.45, 7) is 0.741. The highest BCUT2D eigenvalue weighted by Gasteiger charge is 2.31. The molecule has 7 heteroatoms. The number of ether oxygens (including phenoxy) is 2. The molecule has 0 saturated carbocycles. The Morgan fingerprint density at radius 2 is 1.58 bits per heavy atom. The largest absolute Gasteiger partial charge is 0.493 e. The molecule has 1 aliphatic rings. The Morgan fingerprint density at radius 1 is 0.939 bits per heavy atom. The van der Waals surface area contributed by atoms with Crippen molar-refractivity contribution in [1.82, 2.24) is 10.2 Å². The molecule has 0 spiro atoms. The van der Waals surface area contributed by atoms with E-state index in [0.29, 0.717) is 23.7 Å². The van der Waals surface area contributed by atoms with Gasteiger partial charge in [0.25, 0.3) is 0 Å². The Bertz CT molecular complexity index is 1120. The number of para-hydroxylation sites is 1. The molecule has 0 unspecified atom stereocenters. The molecule has 1 aliphatic heterocycles. The second-order valence-electron chi connectivity index (χ2n) is 7.81. The van der Waals surface area contributed by atoms with Gasteiger partial charge in [0, 0.05) is 12.2 Å². The van der Waals surface area contributed by atoms with Gasteiger partial charge in [-0.1, -0.05) is 48.5 Å². The van der Waals surface area contributed by atoms with Crippen LogP contribution in [0.1, 0.15) is 22.7 Å². The summed E-state index contributed by atoms with van der Waals surface area (Å²) >= 11 is 0. The summed E-state index contributed by atoms with van der Waals surface area (Å²) < 4.78 is 11.0. The molecule has 0 aliphatic carbocycles. The standard InChI is InChI=1S/C26H27N3O4/c1-32-22-15-19-13-14-29(17-24(30)28-26(31)27-20-11-7-4-8-12-20)25(18-9-5-3-6-10-18)21(19)16-23(22)33-2/h3-12,15-16,25H,13-14,17H2,1-2H3,(H2,27,28,30,31)/t25-/m1/s1. The molecule has 3 amide bonds. The minimum atomic E-state index is -0.550. The highest BCUT2D eigenvalue weighted by atomic mass is 16.5. The zero-order valence-electron chi connectivity index (χ0n) is 18.7. The topological polar surface area (TPSA) is 79.9 Å². The average molecular weight is 446 g/mol. The Balaban J connectivity index is 1.56. The van der Waals surface area contributed by atoms with E-state index in [1.807, 2.05) is 60.7 Å². The van der Waals surface area contributed by atoms with Gasteiger partial charge in [-0.2, -0.15) is 0 Å². The summed E-state index contributed by atoms with van der Waals surface area (Å²) in [4.78, 5) is 27.1. The molecule has 0 bridgehead atoms. The number of imide groups is 1. The predicted molar refractivity (Wildman–Crippen MR) is 127 cm³/mol. The van der Waals surface area contributed by atoms with Crippen LogP contribution in [-0.4, -0.2) is 44.1 Å². The Kier molecular flexibility index (Phi) is 6.90. The number of benzene rings is 3. The number of urea groups is 1. The van der Waals surface area contributed by atoms with Crippen molar-refractivity contribution in [3.05, 3.63) is 89.5 Å². The van der Waals surface area contributed by atoms with Gasteiger partial charge in [0.15, 0.2) is 11.5 Å². The normalized spacial score (nSPS) is 15.3. The third kappa shape index (κ3) is 5.15. The van der Waals surface area contributed by atoms with Crippen LogP contribution in [0.3, 0.4) is 0 Å². The third-order valence-electron chi connectivity index (χ3n) is 5.72. The zero-order chi connectivity index (χ0) is 23.2. The van der Waals surface area contributed by atoms with E-state index in [1.165, 1.54) is 0 Å². The van der Waals surface area contributed by atoms with Crippen LogP contribution in [0.5, 0.6) is 11.5 Å². The van der Waals surface area contributed by atoms with Crippen LogP contribution in [0.2, 0.25) is 0 Å². The number of carbonyl (C=O) groups is 2. The number of hydrogen-bond acceptors (Lipinski definition) is 5. The lowest BCUT2D eigenvalue weighted by molar-refractivity contribution is -0.121. The van der Waals surface area contributed by atoms with Gasteiger partial charge in [-0.3, -0.25) is 15.0 Å². The van der Waals surface area contributed by atoms with Crippen LogP contribution >= 0.6 is 0 Å². The van der Waals surface area contributed by atoms with Crippen molar-refractivity contribution in [3.8, 4) is 11.5 Å². The first-order valence-corrected chi connectivity index (χ1v) is 10.8. The summed E-state index contributed by atoms with van der Waals surface area (Å²) in [5, 5.41) is 5.11. The fourth-order valence-electron chi connectivity index (χ4n) is 4.23. The molecule has 2 N–H and O–H groups in total. The van der Waals surface area contributed by atoms with E-state index in [4.69, 9.17) is 9.47 Å². The summed E-state index contributed by atoms with van der Waals surface area (Å²) in [6, 6.07) is 22.3. The molecule has 170 valence electrons. The zero-order valence-corrected chi connectivity index (χ0v) is 18.7. The number of fused-ring (bicyclic) bond motifs is 1. The lowest BCUT2D eigenvalue weighted by Gasteiger charge is -2.37. The van der Waals surface area contributed by atoms with E-state index in [0.717, 1.165) is 23.1 Å². The maximum Gasteiger partial charge on any atom is 0.325 e. The smallest absolute Gasteiger partial charge is 0.325 e. The van der Waals surface area contributed by atoms with Crippen molar-refractivity contribution >= 4 is 17.6 Å². The summed E-state index contributed by atoms with van der Waals surface area (Å²) in [5.74, 6) is 0.964. The van der Waals surface area contributed by atoms with Crippen molar-refractivity contribution in [1.29, 1.82) is 0 Å². The van der Waals surface area contributed by atoms with Gasteiger partial charge < -0.3 is 14.8 Å². The SMILES string of the molecule is COc1cc2c(cc1OC)[C@@H](c1ccccc1)N(CC(=O)NC(=O)Nc1ccccc1)CC2. The van der Waals surface area contributed by atoms with Crippen molar-refractivity contribution in [2.24, 2.45) is 0 Å². The van der Waals surface area contributed by atoms with Gasteiger partial charge in [-0.25, -0.2) is 4.79 Å². The molecule has 0 fully saturated rings. The van der Waals surface area contributed by atoms with Crippen LogP contribution < -0.4 is 20.1 Å². The van der Waals surface area contributed by atoms with Gasteiger partial charge >= 0.3 is 6.03 Å². The molecule has 7 nitrogen and oxygen atoms in total. The Hall–Kier alpha value is -3.84. The number of nitrogens with one attached hydrogen (secondary N) is 2. The Morgan fingerprint density at radius 3 is 2.24 bits per heavy atom. The van der Waals surface area contributed by atoms with Gasteiger partial charge in [0.05, 0.1) is 26.8 Å². The fourth-order valence-corrected chi connectivity index (χ4v) is 4.23. The lowest BCUT2D eigenvalue weighted by atomic mass is 9.87. The van der Waals surface area contributed by atoms with Crippen molar-refractivity contribution in [2.75, 3.05) is 32.6 Å². The molecule has 0 radical (unpaired) electrons. The summed E-state index contributed by atoms with van der Waals surface area (Å²) in [6.07, 6.45) is 0.752. The molecule has 1 heterocycles. The highest BCUT2D eigenvalue weighted by molar-refractivity contribution is 6.01. The minimum absolute atomic E-state index is 0.0789. The summed E-state index contributed by atoms with van der Waals surface area (Å²) in [7, 11) is 3.24. The maximum atomic E-state index is 12.8. The second kappa shape index (κ2) is 10.2. The highest BCUT2D eigenvalue weighted by Crippen LogP contribution is 2.40. The fraction of sp³-hybridized carbons (Fsp3) is 0.231. The average Bonchev–Trinajstić information content (AvgIpc) is 2.84. The number of hydrogen-bond donors (Lipinski definition) is 2. The number of nitrogens with zero attached hydrogens (tertiary/aromatic N) is 1. The van der Waals surface area contributed by atoms with E-state index in [2.05, 4.69) is 15.5 Å². The quantitative estimate of drug-likeness (QED) is 0.600. The van der Waals surface area contributed by atoms with Crippen molar-refractivity contribution < 1.29 is 19.1 Å². The van der Waals surface area contributed by atoms with Gasteiger partial charge in [-0.05, 0) is 47.4 Å². The van der Waals surface area contributed by atoms with E-state index < -0.39 is 6.03 Å². The maximum absolute atomic E-state index is 12.8. The van der Waals surface area contributed by atoms with Crippen LogP contribution in [0.4, 0.5) is 10.5 Å². The predicted octanol–water partition coefficient (Wildman–Crippen LogP) is 4.00. The van der Waals surface area contributed by atoms with E-state index in [1.54, 1.807) is 26.4 Å². The lowest BCUT2D eigenvalue weighted by Crippen LogP contribution is -2.45. The van der Waals surface area contributed by atoms with Gasteiger partial charge in [0.2, 0.25) is 5.91 Å². The van der Waals surface area contributed by atoms with Crippen LogP contribution in [0, 0.1) is 0 Å². The number of anilines is 1. The van der Waals surface area contributed by atoms with Crippen LogP contribution in [-0.2, 0) is 11.2 Å². The van der Waals surface area contributed by atoms with Gasteiger partial charge in [0.1, 0.15) is 0 Å². The molecular formula is C26H27N3O4. The monoisotopic (exact) mass is 445 g/mol. The van der Waals surface area contributed by atoms with E-state index in [-0.39, 0.29) is 18.5 Å². The Labute approximate surface area is 193 Å². The van der Waals surface area contributed by atoms with Crippen molar-refractivity contribution in [3.63, 3.8) is 0 Å².